The molecule has 27 heavy (non-hydrogen) atoms. The average Bonchev–Trinajstić information content (AvgIpc) is 3.13. The second-order valence-corrected chi connectivity index (χ2v) is 8.21. The molecule has 2 heterocycles. The van der Waals surface area contributed by atoms with Gasteiger partial charge >= 0.3 is 5.97 Å². The predicted molar refractivity (Wildman–Crippen MR) is 107 cm³/mol. The van der Waals surface area contributed by atoms with Gasteiger partial charge in [0.25, 0.3) is 5.91 Å². The van der Waals surface area contributed by atoms with Gasteiger partial charge in [-0.2, -0.15) is 0 Å². The minimum Gasteiger partial charge on any atom is -0.466 e. The Bertz CT molecular complexity index is 849. The number of nitrogens with one attached hydrogen (secondary N) is 1. The quantitative estimate of drug-likeness (QED) is 0.682. The van der Waals surface area contributed by atoms with Crippen molar-refractivity contribution in [2.24, 2.45) is 5.92 Å². The van der Waals surface area contributed by atoms with E-state index < -0.39 is 0 Å². The number of carbonyl (C=O) groups excluding carboxylic acids is 2. The predicted octanol–water partition coefficient (Wildman–Crippen LogP) is 5.29. The second-order valence-electron chi connectivity index (χ2n) is 7.11. The molecule has 0 fully saturated rings. The summed E-state index contributed by atoms with van der Waals surface area (Å²) in [6, 6.07) is 1.72. The van der Waals surface area contributed by atoms with E-state index in [0.29, 0.717) is 40.2 Å². The first-order chi connectivity index (χ1) is 12.9. The van der Waals surface area contributed by atoms with Crippen molar-refractivity contribution < 1.29 is 18.7 Å². The number of aryl methyl sites for hydroxylation is 2. The van der Waals surface area contributed by atoms with E-state index in [1.165, 1.54) is 29.1 Å². The highest BCUT2D eigenvalue weighted by Gasteiger charge is 2.30. The summed E-state index contributed by atoms with van der Waals surface area (Å²) in [5.41, 5.74) is 2.09. The Labute approximate surface area is 164 Å². The summed E-state index contributed by atoms with van der Waals surface area (Å²) in [5.74, 6) is 1.32. The molecular weight excluding hydrogens is 362 g/mol. The highest BCUT2D eigenvalue weighted by atomic mass is 32.1. The normalized spacial score (nSPS) is 16.1. The van der Waals surface area contributed by atoms with Gasteiger partial charge < -0.3 is 14.5 Å². The van der Waals surface area contributed by atoms with Crippen molar-refractivity contribution in [3.8, 4) is 0 Å². The van der Waals surface area contributed by atoms with Crippen molar-refractivity contribution >= 4 is 28.2 Å². The van der Waals surface area contributed by atoms with Gasteiger partial charge in [-0.3, -0.25) is 4.79 Å². The van der Waals surface area contributed by atoms with Crippen LogP contribution in [0.3, 0.4) is 0 Å². The van der Waals surface area contributed by atoms with Crippen LogP contribution in [0.1, 0.15) is 75.8 Å². The Morgan fingerprint density at radius 3 is 2.74 bits per heavy atom. The number of carbonyl (C=O) groups is 2. The number of fused-ring (bicyclic) bond motifs is 1. The fraction of sp³-hybridized carbons (Fsp3) is 0.524. The molecule has 1 amide bonds. The fourth-order valence-electron chi connectivity index (χ4n) is 3.84. The topological polar surface area (TPSA) is 68.5 Å². The minimum atomic E-state index is -0.348. The molecular formula is C21H27NO4S. The van der Waals surface area contributed by atoms with Crippen LogP contribution in [0, 0.1) is 19.8 Å². The third-order valence-electron chi connectivity index (χ3n) is 5.06. The summed E-state index contributed by atoms with van der Waals surface area (Å²) in [6.45, 7) is 7.89. The Hall–Kier alpha value is -2.08. The SMILES string of the molecule is CCCC1CCc2c(sc(NC(=O)c3cc(C)oc3C)c2C(=O)OCC)C1. The summed E-state index contributed by atoms with van der Waals surface area (Å²) in [6.07, 6.45) is 5.28. The monoisotopic (exact) mass is 389 g/mol. The average molecular weight is 390 g/mol. The maximum Gasteiger partial charge on any atom is 0.341 e. The molecule has 0 saturated carbocycles. The second kappa shape index (κ2) is 8.30. The first-order valence-corrected chi connectivity index (χ1v) is 10.5. The van der Waals surface area contributed by atoms with E-state index in [1.54, 1.807) is 19.9 Å². The highest BCUT2D eigenvalue weighted by molar-refractivity contribution is 7.17. The zero-order chi connectivity index (χ0) is 19.6. The van der Waals surface area contributed by atoms with E-state index in [1.807, 2.05) is 6.92 Å². The maximum atomic E-state index is 12.7. The number of amides is 1. The number of hydrogen-bond acceptors (Lipinski definition) is 5. The molecule has 0 aliphatic heterocycles. The van der Waals surface area contributed by atoms with E-state index >= 15 is 0 Å². The zero-order valence-corrected chi connectivity index (χ0v) is 17.3. The third kappa shape index (κ3) is 4.10. The number of hydrogen-bond donors (Lipinski definition) is 1. The van der Waals surface area contributed by atoms with Crippen LogP contribution in [0.15, 0.2) is 10.5 Å². The van der Waals surface area contributed by atoms with E-state index in [9.17, 15) is 9.59 Å². The van der Waals surface area contributed by atoms with Crippen LogP contribution >= 0.6 is 11.3 Å². The van der Waals surface area contributed by atoms with Crippen molar-refractivity contribution in [1.82, 2.24) is 0 Å². The first kappa shape index (κ1) is 19.7. The van der Waals surface area contributed by atoms with Crippen LogP contribution < -0.4 is 5.32 Å². The van der Waals surface area contributed by atoms with Crippen LogP contribution in [0.2, 0.25) is 0 Å². The number of ether oxygens (including phenoxy) is 1. The van der Waals surface area contributed by atoms with Crippen LogP contribution in [0.4, 0.5) is 5.00 Å². The van der Waals surface area contributed by atoms with Gasteiger partial charge in [0.1, 0.15) is 16.5 Å². The summed E-state index contributed by atoms with van der Waals surface area (Å²) >= 11 is 1.52. The number of thiophene rings is 1. The molecule has 146 valence electrons. The van der Waals surface area contributed by atoms with Gasteiger partial charge in [0.15, 0.2) is 0 Å². The summed E-state index contributed by atoms with van der Waals surface area (Å²) in [7, 11) is 0. The smallest absolute Gasteiger partial charge is 0.341 e. The number of anilines is 1. The van der Waals surface area contributed by atoms with Crippen LogP contribution in [0.25, 0.3) is 0 Å². The fourth-order valence-corrected chi connectivity index (χ4v) is 5.19. The Balaban J connectivity index is 1.93. The molecule has 0 spiro atoms. The number of furan rings is 1. The lowest BCUT2D eigenvalue weighted by molar-refractivity contribution is 0.0526. The lowest BCUT2D eigenvalue weighted by Gasteiger charge is -2.21. The van der Waals surface area contributed by atoms with Gasteiger partial charge in [0.05, 0.1) is 17.7 Å². The summed E-state index contributed by atoms with van der Waals surface area (Å²) in [4.78, 5) is 26.6. The molecule has 0 radical (unpaired) electrons. The maximum absolute atomic E-state index is 12.7. The Morgan fingerprint density at radius 2 is 2.11 bits per heavy atom. The standard InChI is InChI=1S/C21H27NO4S/c1-5-7-14-8-9-15-17(11-14)27-20(18(15)21(24)25-6-2)22-19(23)16-10-12(3)26-13(16)4/h10,14H,5-9,11H2,1-4H3,(H,22,23). The van der Waals surface area contributed by atoms with Gasteiger partial charge in [-0.05, 0) is 57.6 Å². The molecule has 0 bridgehead atoms. The molecule has 1 unspecified atom stereocenters. The van der Waals surface area contributed by atoms with E-state index in [4.69, 9.17) is 9.15 Å². The molecule has 1 aliphatic rings. The minimum absolute atomic E-state index is 0.251. The van der Waals surface area contributed by atoms with Gasteiger partial charge in [0.2, 0.25) is 0 Å². The van der Waals surface area contributed by atoms with Gasteiger partial charge in [-0.1, -0.05) is 19.8 Å². The summed E-state index contributed by atoms with van der Waals surface area (Å²) < 4.78 is 10.7. The lowest BCUT2D eigenvalue weighted by Crippen LogP contribution is -2.17. The highest BCUT2D eigenvalue weighted by Crippen LogP contribution is 2.41. The Kier molecular flexibility index (Phi) is 6.05. The van der Waals surface area contributed by atoms with Crippen LogP contribution in [0.5, 0.6) is 0 Å². The molecule has 2 aromatic heterocycles. The zero-order valence-electron chi connectivity index (χ0n) is 16.4. The molecule has 1 atom stereocenters. The molecule has 3 rings (SSSR count). The van der Waals surface area contributed by atoms with E-state index in [-0.39, 0.29) is 11.9 Å². The van der Waals surface area contributed by atoms with Gasteiger partial charge in [-0.15, -0.1) is 11.3 Å². The lowest BCUT2D eigenvalue weighted by atomic mass is 9.84. The first-order valence-electron chi connectivity index (χ1n) is 9.64. The van der Waals surface area contributed by atoms with Gasteiger partial charge in [0, 0.05) is 4.88 Å². The molecule has 0 saturated heterocycles. The summed E-state index contributed by atoms with van der Waals surface area (Å²) in [5, 5.41) is 3.54. The van der Waals surface area contributed by atoms with Gasteiger partial charge in [-0.25, -0.2) is 4.79 Å². The van der Waals surface area contributed by atoms with Crippen molar-refractivity contribution in [2.45, 2.75) is 59.8 Å². The Morgan fingerprint density at radius 1 is 1.33 bits per heavy atom. The van der Waals surface area contributed by atoms with E-state index in [2.05, 4.69) is 12.2 Å². The van der Waals surface area contributed by atoms with Crippen molar-refractivity contribution in [3.05, 3.63) is 39.2 Å². The number of esters is 1. The molecule has 0 aromatic carbocycles. The molecule has 2 aromatic rings. The van der Waals surface area contributed by atoms with Crippen LogP contribution in [-0.2, 0) is 17.6 Å². The van der Waals surface area contributed by atoms with Crippen molar-refractivity contribution in [2.75, 3.05) is 11.9 Å². The molecule has 1 N–H and O–H groups in total. The van der Waals surface area contributed by atoms with Crippen molar-refractivity contribution in [3.63, 3.8) is 0 Å². The van der Waals surface area contributed by atoms with Crippen LogP contribution in [-0.4, -0.2) is 18.5 Å². The van der Waals surface area contributed by atoms with Crippen molar-refractivity contribution in [1.29, 1.82) is 0 Å². The third-order valence-corrected chi connectivity index (χ3v) is 6.23. The molecule has 1 aliphatic carbocycles. The molecule has 6 heteroatoms. The molecule has 5 nitrogen and oxygen atoms in total. The number of rotatable bonds is 6. The largest absolute Gasteiger partial charge is 0.466 e. The van der Waals surface area contributed by atoms with E-state index in [0.717, 1.165) is 24.8 Å².